The van der Waals surface area contributed by atoms with Gasteiger partial charge in [0.15, 0.2) is 16.4 Å². The van der Waals surface area contributed by atoms with Crippen molar-refractivity contribution >= 4 is 21.7 Å². The number of carbonyl (C=O) groups excluding carboxylic acids is 2. The molecule has 0 saturated carbocycles. The molecule has 1 atom stereocenters. The first-order valence-corrected chi connectivity index (χ1v) is 9.78. The molecule has 2 heterocycles. The second-order valence-corrected chi connectivity index (χ2v) is 8.72. The third kappa shape index (κ3) is 4.17. The number of ether oxygens (including phenoxy) is 1. The van der Waals surface area contributed by atoms with Gasteiger partial charge in [-0.25, -0.2) is 13.2 Å². The molecule has 0 spiro atoms. The van der Waals surface area contributed by atoms with Gasteiger partial charge in [-0.1, -0.05) is 0 Å². The first-order chi connectivity index (χ1) is 11.1. The molecule has 2 rings (SSSR count). The predicted octanol–water partition coefficient (Wildman–Crippen LogP) is 1.15. The maximum atomic E-state index is 12.2. The highest BCUT2D eigenvalue weighted by molar-refractivity contribution is 7.91. The fraction of sp³-hybridized carbons (Fsp3) is 0.625. The molecule has 24 heavy (non-hydrogen) atoms. The molecule has 0 radical (unpaired) electrons. The molecule has 1 aliphatic rings. The normalized spacial score (nSPS) is 19.5. The van der Waals surface area contributed by atoms with E-state index in [1.54, 1.807) is 6.07 Å². The zero-order valence-electron chi connectivity index (χ0n) is 14.5. The number of nitrogens with one attached hydrogen (secondary N) is 1. The Morgan fingerprint density at radius 3 is 2.54 bits per heavy atom. The van der Waals surface area contributed by atoms with E-state index in [1.165, 1.54) is 0 Å². The fourth-order valence-electron chi connectivity index (χ4n) is 3.17. The van der Waals surface area contributed by atoms with Crippen LogP contribution >= 0.6 is 0 Å². The number of amides is 1. The van der Waals surface area contributed by atoms with Gasteiger partial charge in [0.25, 0.3) is 5.91 Å². The molecule has 0 bridgehead atoms. The number of esters is 1. The van der Waals surface area contributed by atoms with Crippen molar-refractivity contribution in [1.29, 1.82) is 0 Å². The van der Waals surface area contributed by atoms with Gasteiger partial charge >= 0.3 is 5.97 Å². The van der Waals surface area contributed by atoms with Crippen molar-refractivity contribution in [3.63, 3.8) is 0 Å². The second-order valence-electron chi connectivity index (χ2n) is 6.49. The highest BCUT2D eigenvalue weighted by Crippen LogP contribution is 2.20. The maximum Gasteiger partial charge on any atom is 0.340 e. The molecule has 0 aliphatic carbocycles. The Hall–Kier alpha value is -1.83. The number of sulfone groups is 1. The van der Waals surface area contributed by atoms with Crippen molar-refractivity contribution in [2.45, 2.75) is 46.2 Å². The quantitative estimate of drug-likeness (QED) is 0.799. The van der Waals surface area contributed by atoms with Crippen LogP contribution in [-0.2, 0) is 19.4 Å². The standard InChI is InChI=1S/C16H24N2O5S/c1-10(2)18-11(3)7-14(12(18)4)16(20)23-8-15(19)17-13-5-6-24(21,22)9-13/h7,10,13H,5-6,8-9H2,1-4H3,(H,17,19)/t13-/m0/s1. The van der Waals surface area contributed by atoms with Crippen LogP contribution < -0.4 is 5.32 Å². The zero-order chi connectivity index (χ0) is 18.1. The lowest BCUT2D eigenvalue weighted by molar-refractivity contribution is -0.124. The number of rotatable bonds is 5. The lowest BCUT2D eigenvalue weighted by Crippen LogP contribution is -2.38. The van der Waals surface area contributed by atoms with Gasteiger partial charge in [0, 0.05) is 23.5 Å². The molecule has 8 heteroatoms. The van der Waals surface area contributed by atoms with Crippen LogP contribution in [0.15, 0.2) is 6.07 Å². The van der Waals surface area contributed by atoms with E-state index in [4.69, 9.17) is 4.74 Å². The van der Waals surface area contributed by atoms with Gasteiger partial charge in [0.1, 0.15) is 0 Å². The monoisotopic (exact) mass is 356 g/mol. The van der Waals surface area contributed by atoms with E-state index in [9.17, 15) is 18.0 Å². The van der Waals surface area contributed by atoms with Crippen LogP contribution in [0.25, 0.3) is 0 Å². The summed E-state index contributed by atoms with van der Waals surface area (Å²) in [7, 11) is -3.06. The largest absolute Gasteiger partial charge is 0.452 e. The minimum absolute atomic E-state index is 0.0533. The summed E-state index contributed by atoms with van der Waals surface area (Å²) in [5.74, 6) is -1.01. The van der Waals surface area contributed by atoms with Crippen molar-refractivity contribution in [1.82, 2.24) is 9.88 Å². The minimum atomic E-state index is -3.06. The van der Waals surface area contributed by atoms with Crippen molar-refractivity contribution in [2.24, 2.45) is 0 Å². The lowest BCUT2D eigenvalue weighted by Gasteiger charge is -2.14. The molecule has 1 N–H and O–H groups in total. The summed E-state index contributed by atoms with van der Waals surface area (Å²) in [4.78, 5) is 24.0. The topological polar surface area (TPSA) is 94.5 Å². The highest BCUT2D eigenvalue weighted by atomic mass is 32.2. The van der Waals surface area contributed by atoms with Crippen molar-refractivity contribution in [3.8, 4) is 0 Å². The van der Waals surface area contributed by atoms with Crippen LogP contribution in [0.5, 0.6) is 0 Å². The number of aromatic nitrogens is 1. The number of aryl methyl sites for hydroxylation is 1. The molecule has 134 valence electrons. The summed E-state index contributed by atoms with van der Waals surface area (Å²) >= 11 is 0. The first-order valence-electron chi connectivity index (χ1n) is 7.96. The molecule has 1 amide bonds. The molecular formula is C16H24N2O5S. The summed E-state index contributed by atoms with van der Waals surface area (Å²) in [5.41, 5.74) is 2.20. The molecule has 1 aliphatic heterocycles. The maximum absolute atomic E-state index is 12.2. The molecule has 1 saturated heterocycles. The van der Waals surface area contributed by atoms with E-state index < -0.39 is 34.4 Å². The predicted molar refractivity (Wildman–Crippen MR) is 89.8 cm³/mol. The van der Waals surface area contributed by atoms with Crippen LogP contribution in [0.2, 0.25) is 0 Å². The Balaban J connectivity index is 1.92. The first kappa shape index (κ1) is 18.5. The van der Waals surface area contributed by atoms with Crippen molar-refractivity contribution < 1.29 is 22.7 Å². The number of hydrogen-bond acceptors (Lipinski definition) is 5. The minimum Gasteiger partial charge on any atom is -0.452 e. The molecular weight excluding hydrogens is 332 g/mol. The highest BCUT2D eigenvalue weighted by Gasteiger charge is 2.29. The van der Waals surface area contributed by atoms with Gasteiger partial charge in [-0.15, -0.1) is 0 Å². The Morgan fingerprint density at radius 1 is 1.38 bits per heavy atom. The van der Waals surface area contributed by atoms with Crippen LogP contribution in [0.3, 0.4) is 0 Å². The van der Waals surface area contributed by atoms with E-state index in [0.717, 1.165) is 11.4 Å². The summed E-state index contributed by atoms with van der Waals surface area (Å²) < 4.78 is 29.8. The summed E-state index contributed by atoms with van der Waals surface area (Å²) in [6.45, 7) is 7.39. The Morgan fingerprint density at radius 2 is 2.04 bits per heavy atom. The molecule has 0 unspecified atom stereocenters. The zero-order valence-corrected chi connectivity index (χ0v) is 15.3. The average molecular weight is 356 g/mol. The Labute approximate surface area is 142 Å². The van der Waals surface area contributed by atoms with Crippen LogP contribution in [0.4, 0.5) is 0 Å². The van der Waals surface area contributed by atoms with Crippen molar-refractivity contribution in [3.05, 3.63) is 23.0 Å². The van der Waals surface area contributed by atoms with Crippen LogP contribution in [0.1, 0.15) is 48.1 Å². The van der Waals surface area contributed by atoms with Crippen LogP contribution in [-0.4, -0.2) is 49.0 Å². The van der Waals surface area contributed by atoms with E-state index in [0.29, 0.717) is 12.0 Å². The lowest BCUT2D eigenvalue weighted by atomic mass is 10.2. The van der Waals surface area contributed by atoms with E-state index >= 15 is 0 Å². The number of nitrogens with zero attached hydrogens (tertiary/aromatic N) is 1. The summed E-state index contributed by atoms with van der Waals surface area (Å²) in [6, 6.07) is 1.57. The third-order valence-electron chi connectivity index (χ3n) is 4.15. The van der Waals surface area contributed by atoms with Gasteiger partial charge in [0.2, 0.25) is 0 Å². The smallest absolute Gasteiger partial charge is 0.340 e. The molecule has 1 aromatic rings. The summed E-state index contributed by atoms with van der Waals surface area (Å²) in [5, 5.41) is 2.59. The number of hydrogen-bond donors (Lipinski definition) is 1. The van der Waals surface area contributed by atoms with Gasteiger partial charge in [-0.3, -0.25) is 4.79 Å². The van der Waals surface area contributed by atoms with Gasteiger partial charge in [0.05, 0.1) is 17.1 Å². The molecule has 0 aromatic carbocycles. The fourth-order valence-corrected chi connectivity index (χ4v) is 4.84. The van der Waals surface area contributed by atoms with Crippen LogP contribution in [0, 0.1) is 13.8 Å². The van der Waals surface area contributed by atoms with E-state index in [-0.39, 0.29) is 17.5 Å². The van der Waals surface area contributed by atoms with E-state index in [1.807, 2.05) is 32.3 Å². The van der Waals surface area contributed by atoms with Crippen molar-refractivity contribution in [2.75, 3.05) is 18.1 Å². The van der Waals surface area contributed by atoms with Gasteiger partial charge in [-0.05, 0) is 40.2 Å². The van der Waals surface area contributed by atoms with Gasteiger partial charge < -0.3 is 14.6 Å². The second kappa shape index (κ2) is 6.96. The average Bonchev–Trinajstić information content (AvgIpc) is 2.95. The number of carbonyl (C=O) groups is 2. The Bertz CT molecular complexity index is 749. The molecule has 1 fully saturated rings. The van der Waals surface area contributed by atoms with E-state index in [2.05, 4.69) is 5.32 Å². The third-order valence-corrected chi connectivity index (χ3v) is 5.92. The SMILES string of the molecule is Cc1cc(C(=O)OCC(=O)N[C@H]2CCS(=O)(=O)C2)c(C)n1C(C)C. The summed E-state index contributed by atoms with van der Waals surface area (Å²) in [6.07, 6.45) is 0.400. The molecule has 1 aromatic heterocycles. The Kier molecular flexibility index (Phi) is 5.37. The molecule has 7 nitrogen and oxygen atoms in total. The van der Waals surface area contributed by atoms with Gasteiger partial charge in [-0.2, -0.15) is 0 Å².